The van der Waals surface area contributed by atoms with Gasteiger partial charge in [0.25, 0.3) is 0 Å². The van der Waals surface area contributed by atoms with Crippen LogP contribution in [-0.2, 0) is 16.0 Å². The van der Waals surface area contributed by atoms with Crippen LogP contribution >= 0.6 is 23.4 Å². The molecule has 4 rings (SSSR count). The van der Waals surface area contributed by atoms with Crippen molar-refractivity contribution in [1.82, 2.24) is 15.1 Å². The minimum Gasteiger partial charge on any atom is -0.354 e. The molecule has 154 valence electrons. The van der Waals surface area contributed by atoms with E-state index in [9.17, 15) is 9.59 Å². The van der Waals surface area contributed by atoms with Crippen molar-refractivity contribution >= 4 is 40.9 Å². The molecule has 1 N–H and O–H groups in total. The van der Waals surface area contributed by atoms with Crippen LogP contribution in [0.2, 0.25) is 5.02 Å². The average Bonchev–Trinajstić information content (AvgIpc) is 3.09. The van der Waals surface area contributed by atoms with Crippen molar-refractivity contribution in [2.75, 3.05) is 23.7 Å². The van der Waals surface area contributed by atoms with Crippen LogP contribution < -0.4 is 10.2 Å². The third-order valence-corrected chi connectivity index (χ3v) is 6.13. The number of hydrogen-bond donors (Lipinski definition) is 1. The van der Waals surface area contributed by atoms with Crippen molar-refractivity contribution in [1.29, 1.82) is 0 Å². The summed E-state index contributed by atoms with van der Waals surface area (Å²) in [5.74, 6) is 0.00123. The molecule has 8 heteroatoms. The predicted octanol–water partition coefficient (Wildman–Crippen LogP) is 3.63. The molecule has 0 spiro atoms. The smallest absolute Gasteiger partial charge is 0.240 e. The van der Waals surface area contributed by atoms with E-state index in [4.69, 9.17) is 11.6 Å². The first kappa shape index (κ1) is 20.5. The van der Waals surface area contributed by atoms with Gasteiger partial charge in [-0.2, -0.15) is 5.10 Å². The Morgan fingerprint density at radius 1 is 1.17 bits per heavy atom. The minimum absolute atomic E-state index is 0.0195. The number of carbonyl (C=O) groups is 2. The predicted molar refractivity (Wildman–Crippen MR) is 120 cm³/mol. The number of carbonyl (C=O) groups excluding carboxylic acids is 2. The molecule has 0 atom stereocenters. The molecular weight excluding hydrogens is 420 g/mol. The average molecular weight is 441 g/mol. The van der Waals surface area contributed by atoms with Crippen molar-refractivity contribution in [2.45, 2.75) is 18.4 Å². The highest BCUT2D eigenvalue weighted by molar-refractivity contribution is 8.00. The van der Waals surface area contributed by atoms with Crippen molar-refractivity contribution < 1.29 is 9.59 Å². The van der Waals surface area contributed by atoms with Crippen molar-refractivity contribution in [3.8, 4) is 5.69 Å². The van der Waals surface area contributed by atoms with Crippen LogP contribution in [0.4, 0.5) is 5.69 Å². The summed E-state index contributed by atoms with van der Waals surface area (Å²) in [7, 11) is 0. The number of nitrogens with one attached hydrogen (secondary N) is 1. The second kappa shape index (κ2) is 8.93. The lowest BCUT2D eigenvalue weighted by Gasteiger charge is -2.27. The van der Waals surface area contributed by atoms with Crippen LogP contribution in [0, 0.1) is 6.92 Å². The van der Waals surface area contributed by atoms with E-state index >= 15 is 0 Å². The maximum absolute atomic E-state index is 12.6. The lowest BCUT2D eigenvalue weighted by Crippen LogP contribution is -2.43. The molecule has 2 aromatic carbocycles. The Balaban J connectivity index is 1.46. The number of fused-ring (bicyclic) bond motifs is 1. The molecule has 0 fully saturated rings. The maximum atomic E-state index is 12.6. The summed E-state index contributed by atoms with van der Waals surface area (Å²) in [6, 6.07) is 17.3. The number of amides is 2. The lowest BCUT2D eigenvalue weighted by atomic mass is 10.1. The minimum atomic E-state index is -0.193. The SMILES string of the molecule is Cc1nn(-c2ccccc2)c2c1N(CC(=O)NCCc1ccc(Cl)cc1)C(=O)CS2. The molecule has 0 saturated carbocycles. The van der Waals surface area contributed by atoms with Crippen LogP contribution in [0.15, 0.2) is 59.6 Å². The van der Waals surface area contributed by atoms with Crippen LogP contribution in [0.25, 0.3) is 5.69 Å². The number of aromatic nitrogens is 2. The Hall–Kier alpha value is -2.77. The third-order valence-electron chi connectivity index (χ3n) is 4.84. The summed E-state index contributed by atoms with van der Waals surface area (Å²) in [6.07, 6.45) is 0.697. The van der Waals surface area contributed by atoms with Gasteiger partial charge in [-0.15, -0.1) is 0 Å². The Morgan fingerprint density at radius 3 is 2.63 bits per heavy atom. The van der Waals surface area contributed by atoms with E-state index in [-0.39, 0.29) is 24.1 Å². The van der Waals surface area contributed by atoms with E-state index in [1.807, 2.05) is 66.2 Å². The van der Waals surface area contributed by atoms with Gasteiger partial charge in [-0.25, -0.2) is 4.68 Å². The molecule has 0 saturated heterocycles. The van der Waals surface area contributed by atoms with Gasteiger partial charge >= 0.3 is 0 Å². The fourth-order valence-electron chi connectivity index (χ4n) is 3.38. The number of halogens is 1. The molecule has 1 aliphatic heterocycles. The highest BCUT2D eigenvalue weighted by Gasteiger charge is 2.32. The first-order valence-electron chi connectivity index (χ1n) is 9.62. The van der Waals surface area contributed by atoms with Crippen LogP contribution in [0.5, 0.6) is 0 Å². The van der Waals surface area contributed by atoms with E-state index in [1.54, 1.807) is 4.90 Å². The molecule has 0 unspecified atom stereocenters. The van der Waals surface area contributed by atoms with Gasteiger partial charge in [0, 0.05) is 11.6 Å². The number of aryl methyl sites for hydroxylation is 1. The second-order valence-corrected chi connectivity index (χ2v) is 8.38. The Kier molecular flexibility index (Phi) is 6.11. The monoisotopic (exact) mass is 440 g/mol. The zero-order valence-corrected chi connectivity index (χ0v) is 18.0. The fourth-order valence-corrected chi connectivity index (χ4v) is 4.58. The quantitative estimate of drug-likeness (QED) is 0.635. The van der Waals surface area contributed by atoms with Crippen LogP contribution in [0.3, 0.4) is 0 Å². The summed E-state index contributed by atoms with van der Waals surface area (Å²) >= 11 is 7.35. The number of para-hydroxylation sites is 1. The Bertz CT molecular complexity index is 1070. The number of nitrogens with zero attached hydrogens (tertiary/aromatic N) is 3. The molecule has 6 nitrogen and oxygen atoms in total. The molecule has 3 aromatic rings. The van der Waals surface area contributed by atoms with Crippen LogP contribution in [0.1, 0.15) is 11.3 Å². The number of benzene rings is 2. The second-order valence-electron chi connectivity index (χ2n) is 6.98. The number of anilines is 1. The van der Waals surface area contributed by atoms with E-state index < -0.39 is 0 Å². The maximum Gasteiger partial charge on any atom is 0.240 e. The first-order valence-corrected chi connectivity index (χ1v) is 11.0. The van der Waals surface area contributed by atoms with Gasteiger partial charge in [0.1, 0.15) is 11.6 Å². The highest BCUT2D eigenvalue weighted by atomic mass is 35.5. The van der Waals surface area contributed by atoms with Gasteiger partial charge < -0.3 is 5.32 Å². The molecule has 2 amide bonds. The van der Waals surface area contributed by atoms with Gasteiger partial charge in [-0.3, -0.25) is 14.5 Å². The molecule has 30 heavy (non-hydrogen) atoms. The van der Waals surface area contributed by atoms with Crippen LogP contribution in [-0.4, -0.2) is 40.4 Å². The molecule has 0 radical (unpaired) electrons. The number of rotatable bonds is 6. The van der Waals surface area contributed by atoms with E-state index in [0.29, 0.717) is 23.7 Å². The summed E-state index contributed by atoms with van der Waals surface area (Å²) in [5, 5.41) is 9.09. The van der Waals surface area contributed by atoms with Crippen molar-refractivity contribution in [3.05, 3.63) is 70.9 Å². The van der Waals surface area contributed by atoms with E-state index in [2.05, 4.69) is 10.4 Å². The van der Waals surface area contributed by atoms with Crippen molar-refractivity contribution in [2.24, 2.45) is 0 Å². The summed E-state index contributed by atoms with van der Waals surface area (Å²) in [6.45, 7) is 2.34. The number of hydrogen-bond acceptors (Lipinski definition) is 4. The Labute approximate surface area is 184 Å². The van der Waals surface area contributed by atoms with Gasteiger partial charge in [-0.1, -0.05) is 53.7 Å². The fraction of sp³-hybridized carbons (Fsp3) is 0.227. The van der Waals surface area contributed by atoms with E-state index in [1.165, 1.54) is 11.8 Å². The molecule has 0 aliphatic carbocycles. The van der Waals surface area contributed by atoms with Crippen molar-refractivity contribution in [3.63, 3.8) is 0 Å². The lowest BCUT2D eigenvalue weighted by molar-refractivity contribution is -0.122. The number of thioether (sulfide) groups is 1. The largest absolute Gasteiger partial charge is 0.354 e. The standard InChI is InChI=1S/C22H21ClN4O2S/c1-15-21-22(27(25-15)18-5-3-2-4-6-18)30-14-20(29)26(21)13-19(28)24-12-11-16-7-9-17(23)10-8-16/h2-10H,11-14H2,1H3,(H,24,28). The van der Waals surface area contributed by atoms with E-state index in [0.717, 1.165) is 22.0 Å². The van der Waals surface area contributed by atoms with Gasteiger partial charge in [-0.05, 0) is 43.2 Å². The zero-order valence-electron chi connectivity index (χ0n) is 16.5. The molecular formula is C22H21ClN4O2S. The molecule has 1 aromatic heterocycles. The highest BCUT2D eigenvalue weighted by Crippen LogP contribution is 2.39. The molecule has 1 aliphatic rings. The summed E-state index contributed by atoms with van der Waals surface area (Å²) < 4.78 is 1.84. The van der Waals surface area contributed by atoms with Gasteiger partial charge in [0.2, 0.25) is 11.8 Å². The summed E-state index contributed by atoms with van der Waals surface area (Å²) in [4.78, 5) is 26.7. The summed E-state index contributed by atoms with van der Waals surface area (Å²) in [5.41, 5.74) is 3.46. The molecule has 0 bridgehead atoms. The topological polar surface area (TPSA) is 67.2 Å². The zero-order chi connectivity index (χ0) is 21.1. The first-order chi connectivity index (χ1) is 14.5. The third kappa shape index (κ3) is 4.37. The normalized spacial score (nSPS) is 13.3. The van der Waals surface area contributed by atoms with Gasteiger partial charge in [0.05, 0.1) is 22.8 Å². The van der Waals surface area contributed by atoms with Gasteiger partial charge in [0.15, 0.2) is 0 Å². The Morgan fingerprint density at radius 2 is 1.90 bits per heavy atom. The molecule has 2 heterocycles.